The number of pyridine rings is 1. The van der Waals surface area contributed by atoms with Crippen molar-refractivity contribution in [1.82, 2.24) is 24.2 Å². The molecule has 30 heavy (non-hydrogen) atoms. The van der Waals surface area contributed by atoms with Gasteiger partial charge >= 0.3 is 0 Å². The number of carbonyl (C=O) groups is 1. The summed E-state index contributed by atoms with van der Waals surface area (Å²) >= 11 is 1.21. The number of benzene rings is 1. The molecular weight excluding hydrogens is 422 g/mol. The van der Waals surface area contributed by atoms with Crippen molar-refractivity contribution in [1.29, 1.82) is 0 Å². The summed E-state index contributed by atoms with van der Waals surface area (Å²) in [4.78, 5) is 12.5. The summed E-state index contributed by atoms with van der Waals surface area (Å²) in [5.74, 6) is 0.00497. The van der Waals surface area contributed by atoms with Gasteiger partial charge in [0.25, 0.3) is 0 Å². The van der Waals surface area contributed by atoms with Gasteiger partial charge in [0.05, 0.1) is 16.7 Å². The SMILES string of the molecule is CCN(CC)S(=O)(=O)c1ccc2nnc(SCC(=O)NC(C)c3ccccc3)n2c1. The average Bonchev–Trinajstić information content (AvgIpc) is 3.16. The minimum Gasteiger partial charge on any atom is -0.349 e. The van der Waals surface area contributed by atoms with Crippen LogP contribution in [0, 0.1) is 0 Å². The molecule has 0 bridgehead atoms. The first-order valence-electron chi connectivity index (χ1n) is 9.68. The van der Waals surface area contributed by atoms with Crippen LogP contribution in [0.25, 0.3) is 5.65 Å². The van der Waals surface area contributed by atoms with Crippen LogP contribution in [0.15, 0.2) is 58.7 Å². The van der Waals surface area contributed by atoms with E-state index in [1.54, 1.807) is 24.3 Å². The van der Waals surface area contributed by atoms with E-state index in [0.717, 1.165) is 5.56 Å². The molecular formula is C20H25N5O3S2. The highest BCUT2D eigenvalue weighted by atomic mass is 32.2. The predicted octanol–water partition coefficient (Wildman–Crippen LogP) is 2.73. The van der Waals surface area contributed by atoms with Crippen molar-refractivity contribution in [2.45, 2.75) is 36.9 Å². The van der Waals surface area contributed by atoms with Crippen molar-refractivity contribution in [3.63, 3.8) is 0 Å². The molecule has 0 saturated carbocycles. The number of nitrogens with one attached hydrogen (secondary N) is 1. The highest BCUT2D eigenvalue weighted by Crippen LogP contribution is 2.21. The zero-order valence-electron chi connectivity index (χ0n) is 17.1. The van der Waals surface area contributed by atoms with Crippen molar-refractivity contribution in [3.05, 3.63) is 54.2 Å². The van der Waals surface area contributed by atoms with Gasteiger partial charge in [-0.2, -0.15) is 4.31 Å². The van der Waals surface area contributed by atoms with E-state index in [9.17, 15) is 13.2 Å². The van der Waals surface area contributed by atoms with Gasteiger partial charge in [-0.1, -0.05) is 55.9 Å². The van der Waals surface area contributed by atoms with E-state index < -0.39 is 10.0 Å². The molecule has 2 aromatic heterocycles. The van der Waals surface area contributed by atoms with Gasteiger partial charge in [-0.3, -0.25) is 9.20 Å². The molecule has 2 heterocycles. The Bertz CT molecular complexity index is 1110. The fraction of sp³-hybridized carbons (Fsp3) is 0.350. The summed E-state index contributed by atoms with van der Waals surface area (Å²) in [5.41, 5.74) is 1.55. The van der Waals surface area contributed by atoms with Crippen LogP contribution in [0.2, 0.25) is 0 Å². The number of aromatic nitrogens is 3. The minimum absolute atomic E-state index is 0.111. The van der Waals surface area contributed by atoms with Crippen LogP contribution in [0.3, 0.4) is 0 Å². The van der Waals surface area contributed by atoms with E-state index >= 15 is 0 Å². The highest BCUT2D eigenvalue weighted by molar-refractivity contribution is 7.99. The maximum Gasteiger partial charge on any atom is 0.244 e. The summed E-state index contributed by atoms with van der Waals surface area (Å²) < 4.78 is 28.6. The molecule has 3 aromatic rings. The second kappa shape index (κ2) is 9.59. The molecule has 0 fully saturated rings. The van der Waals surface area contributed by atoms with Crippen LogP contribution >= 0.6 is 11.8 Å². The number of thioether (sulfide) groups is 1. The Morgan fingerprint density at radius 1 is 1.13 bits per heavy atom. The Kier molecular flexibility index (Phi) is 7.11. The van der Waals surface area contributed by atoms with E-state index in [1.807, 2.05) is 37.3 Å². The Morgan fingerprint density at radius 3 is 2.50 bits per heavy atom. The second-order valence-corrected chi connectivity index (χ2v) is 9.53. The molecule has 1 unspecified atom stereocenters. The zero-order chi connectivity index (χ0) is 21.7. The molecule has 1 atom stereocenters. The van der Waals surface area contributed by atoms with Gasteiger partial charge in [0.15, 0.2) is 10.8 Å². The fourth-order valence-corrected chi connectivity index (χ4v) is 5.24. The lowest BCUT2D eigenvalue weighted by atomic mass is 10.1. The molecule has 160 valence electrons. The Balaban J connectivity index is 1.73. The van der Waals surface area contributed by atoms with Gasteiger partial charge in [0.1, 0.15) is 0 Å². The molecule has 1 N–H and O–H groups in total. The third-order valence-corrected chi connectivity index (χ3v) is 7.67. The van der Waals surface area contributed by atoms with E-state index in [2.05, 4.69) is 15.5 Å². The molecule has 8 nitrogen and oxygen atoms in total. The first-order chi connectivity index (χ1) is 14.4. The Labute approximate surface area is 180 Å². The van der Waals surface area contributed by atoms with Gasteiger partial charge in [-0.15, -0.1) is 10.2 Å². The van der Waals surface area contributed by atoms with E-state index in [-0.39, 0.29) is 22.6 Å². The van der Waals surface area contributed by atoms with Gasteiger partial charge in [0, 0.05) is 19.3 Å². The van der Waals surface area contributed by atoms with Crippen LogP contribution in [-0.2, 0) is 14.8 Å². The molecule has 0 saturated heterocycles. The van der Waals surface area contributed by atoms with Crippen LogP contribution in [0.4, 0.5) is 0 Å². The van der Waals surface area contributed by atoms with Crippen LogP contribution in [-0.4, -0.2) is 52.1 Å². The maximum absolute atomic E-state index is 12.8. The van der Waals surface area contributed by atoms with Crippen molar-refractivity contribution >= 4 is 33.3 Å². The number of carbonyl (C=O) groups excluding carboxylic acids is 1. The van der Waals surface area contributed by atoms with Gasteiger partial charge in [-0.25, -0.2) is 8.42 Å². The minimum atomic E-state index is -3.60. The van der Waals surface area contributed by atoms with Crippen molar-refractivity contribution in [2.24, 2.45) is 0 Å². The summed E-state index contributed by atoms with van der Waals surface area (Å²) in [6.45, 7) is 6.30. The Hall–Kier alpha value is -2.43. The Morgan fingerprint density at radius 2 is 1.83 bits per heavy atom. The first-order valence-corrected chi connectivity index (χ1v) is 12.1. The monoisotopic (exact) mass is 447 g/mol. The average molecular weight is 448 g/mol. The zero-order valence-corrected chi connectivity index (χ0v) is 18.8. The van der Waals surface area contributed by atoms with E-state index in [4.69, 9.17) is 0 Å². The standard InChI is InChI=1S/C20H25N5O3S2/c1-4-24(5-2)30(27,28)17-11-12-18-22-23-20(25(18)13-17)29-14-19(26)21-15(3)16-9-7-6-8-10-16/h6-13,15H,4-5,14H2,1-3H3,(H,21,26). The molecule has 0 aliphatic heterocycles. The van der Waals surface area contributed by atoms with Gasteiger partial charge in [-0.05, 0) is 24.6 Å². The molecule has 0 spiro atoms. The molecule has 1 aromatic carbocycles. The number of fused-ring (bicyclic) bond motifs is 1. The molecule has 10 heteroatoms. The van der Waals surface area contributed by atoms with Crippen LogP contribution < -0.4 is 5.32 Å². The summed E-state index contributed by atoms with van der Waals surface area (Å²) in [7, 11) is -3.60. The number of hydrogen-bond donors (Lipinski definition) is 1. The van der Waals surface area contributed by atoms with Crippen LogP contribution in [0.5, 0.6) is 0 Å². The third kappa shape index (κ3) is 4.82. The lowest BCUT2D eigenvalue weighted by molar-refractivity contribution is -0.119. The van der Waals surface area contributed by atoms with E-state index in [1.165, 1.54) is 28.3 Å². The molecule has 0 aliphatic rings. The number of sulfonamides is 1. The number of hydrogen-bond acceptors (Lipinski definition) is 6. The normalized spacial score (nSPS) is 12.9. The van der Waals surface area contributed by atoms with Crippen molar-refractivity contribution in [3.8, 4) is 0 Å². The predicted molar refractivity (Wildman–Crippen MR) is 117 cm³/mol. The lowest BCUT2D eigenvalue weighted by Gasteiger charge is -2.18. The molecule has 1 amide bonds. The molecule has 3 rings (SSSR count). The highest BCUT2D eigenvalue weighted by Gasteiger charge is 2.23. The summed E-state index contributed by atoms with van der Waals surface area (Å²) in [6.07, 6.45) is 1.51. The number of nitrogens with zero attached hydrogens (tertiary/aromatic N) is 4. The molecule has 0 aliphatic carbocycles. The fourth-order valence-electron chi connectivity index (χ4n) is 3.05. The largest absolute Gasteiger partial charge is 0.349 e. The third-order valence-electron chi connectivity index (χ3n) is 4.70. The topological polar surface area (TPSA) is 96.7 Å². The quantitative estimate of drug-likeness (QED) is 0.507. The van der Waals surface area contributed by atoms with Gasteiger partial charge in [0.2, 0.25) is 15.9 Å². The maximum atomic E-state index is 12.8. The number of amides is 1. The van der Waals surface area contributed by atoms with Crippen LogP contribution in [0.1, 0.15) is 32.4 Å². The first kappa shape index (κ1) is 22.3. The van der Waals surface area contributed by atoms with Crippen molar-refractivity contribution in [2.75, 3.05) is 18.8 Å². The van der Waals surface area contributed by atoms with Gasteiger partial charge < -0.3 is 5.32 Å². The van der Waals surface area contributed by atoms with Crippen molar-refractivity contribution < 1.29 is 13.2 Å². The second-order valence-electron chi connectivity index (χ2n) is 6.65. The summed E-state index contributed by atoms with van der Waals surface area (Å²) in [6, 6.07) is 12.7. The smallest absolute Gasteiger partial charge is 0.244 e. The molecule has 0 radical (unpaired) electrons. The lowest BCUT2D eigenvalue weighted by Crippen LogP contribution is -2.30. The summed E-state index contributed by atoms with van der Waals surface area (Å²) in [5, 5.41) is 11.6. The van der Waals surface area contributed by atoms with E-state index in [0.29, 0.717) is 23.9 Å². The number of rotatable bonds is 9.